The summed E-state index contributed by atoms with van der Waals surface area (Å²) in [6.07, 6.45) is 0. The van der Waals surface area contributed by atoms with Crippen LogP contribution in [0.2, 0.25) is 5.02 Å². The molecule has 0 aliphatic carbocycles. The molecule has 142 valence electrons. The molecule has 0 fully saturated rings. The molecule has 0 saturated carbocycles. The first kappa shape index (κ1) is 19.5. The van der Waals surface area contributed by atoms with E-state index in [1.807, 2.05) is 6.92 Å². The van der Waals surface area contributed by atoms with Gasteiger partial charge in [-0.1, -0.05) is 29.8 Å². The first-order chi connectivity index (χ1) is 13.3. The standard InChI is InChI=1S/C21H19ClN4O2/c1-12-10-19(20(28)25-18-9-5-8-17(22)13(18)2)26-21(23-12)24-16-7-4-6-15(11-16)14(3)27/h4-11H,1-3H3,(H,25,28)(H,23,24,26). The number of Topliss-reactive ketones (excluding diaryl/α,β-unsaturated/α-hetero) is 1. The maximum absolute atomic E-state index is 12.7. The van der Waals surface area contributed by atoms with Crippen LogP contribution in [0.25, 0.3) is 0 Å². The lowest BCUT2D eigenvalue weighted by atomic mass is 10.1. The normalized spacial score (nSPS) is 10.4. The Bertz CT molecular complexity index is 1070. The van der Waals surface area contributed by atoms with Crippen LogP contribution in [-0.4, -0.2) is 21.7 Å². The van der Waals surface area contributed by atoms with Crippen molar-refractivity contribution in [1.82, 2.24) is 9.97 Å². The minimum atomic E-state index is -0.364. The molecule has 0 radical (unpaired) electrons. The van der Waals surface area contributed by atoms with Crippen molar-refractivity contribution in [2.24, 2.45) is 0 Å². The zero-order chi connectivity index (χ0) is 20.3. The first-order valence-corrected chi connectivity index (χ1v) is 9.01. The fraction of sp³-hybridized carbons (Fsp3) is 0.143. The third-order valence-corrected chi connectivity index (χ3v) is 4.54. The van der Waals surface area contributed by atoms with E-state index in [4.69, 9.17) is 11.6 Å². The largest absolute Gasteiger partial charge is 0.324 e. The van der Waals surface area contributed by atoms with Crippen LogP contribution in [0, 0.1) is 13.8 Å². The maximum atomic E-state index is 12.7. The number of carbonyl (C=O) groups excluding carboxylic acids is 2. The molecule has 0 unspecified atom stereocenters. The number of anilines is 3. The first-order valence-electron chi connectivity index (χ1n) is 8.63. The highest BCUT2D eigenvalue weighted by Crippen LogP contribution is 2.23. The zero-order valence-electron chi connectivity index (χ0n) is 15.7. The number of hydrogen-bond acceptors (Lipinski definition) is 5. The van der Waals surface area contributed by atoms with Gasteiger partial charge in [-0.25, -0.2) is 9.97 Å². The fourth-order valence-electron chi connectivity index (χ4n) is 2.62. The lowest BCUT2D eigenvalue weighted by molar-refractivity contribution is 0.101. The van der Waals surface area contributed by atoms with Gasteiger partial charge in [0.1, 0.15) is 5.69 Å². The van der Waals surface area contributed by atoms with Crippen molar-refractivity contribution in [3.05, 3.63) is 76.1 Å². The predicted molar refractivity (Wildman–Crippen MR) is 111 cm³/mol. The van der Waals surface area contributed by atoms with Crippen LogP contribution in [-0.2, 0) is 0 Å². The summed E-state index contributed by atoms with van der Waals surface area (Å²) in [6.45, 7) is 5.11. The highest BCUT2D eigenvalue weighted by molar-refractivity contribution is 6.31. The quantitative estimate of drug-likeness (QED) is 0.598. The Hall–Kier alpha value is -3.25. The van der Waals surface area contributed by atoms with E-state index in [1.165, 1.54) is 6.92 Å². The van der Waals surface area contributed by atoms with E-state index in [0.717, 1.165) is 5.56 Å². The number of rotatable bonds is 5. The SMILES string of the molecule is CC(=O)c1cccc(Nc2nc(C)cc(C(=O)Nc3cccc(Cl)c3C)n2)c1. The number of benzene rings is 2. The van der Waals surface area contributed by atoms with Gasteiger partial charge in [0.25, 0.3) is 5.91 Å². The number of aryl methyl sites for hydroxylation is 1. The topological polar surface area (TPSA) is 84.0 Å². The number of aromatic nitrogens is 2. The number of halogens is 1. The van der Waals surface area contributed by atoms with Gasteiger partial charge in [-0.15, -0.1) is 0 Å². The van der Waals surface area contributed by atoms with E-state index in [9.17, 15) is 9.59 Å². The molecule has 1 aromatic heterocycles. The zero-order valence-corrected chi connectivity index (χ0v) is 16.5. The van der Waals surface area contributed by atoms with E-state index >= 15 is 0 Å². The second kappa shape index (κ2) is 8.19. The van der Waals surface area contributed by atoms with Crippen molar-refractivity contribution in [3.63, 3.8) is 0 Å². The predicted octanol–water partition coefficient (Wildman–Crippen LogP) is 4.95. The summed E-state index contributed by atoms with van der Waals surface area (Å²) in [5.74, 6) is -0.129. The number of ketones is 1. The van der Waals surface area contributed by atoms with E-state index < -0.39 is 0 Å². The average Bonchev–Trinajstić information content (AvgIpc) is 2.65. The van der Waals surface area contributed by atoms with Crippen molar-refractivity contribution in [2.45, 2.75) is 20.8 Å². The summed E-state index contributed by atoms with van der Waals surface area (Å²) < 4.78 is 0. The molecule has 1 heterocycles. The van der Waals surface area contributed by atoms with Gasteiger partial charge in [-0.05, 0) is 56.7 Å². The fourth-order valence-corrected chi connectivity index (χ4v) is 2.79. The molecule has 3 aromatic rings. The molecule has 3 rings (SSSR count). The van der Waals surface area contributed by atoms with E-state index in [2.05, 4.69) is 20.6 Å². The average molecular weight is 395 g/mol. The summed E-state index contributed by atoms with van der Waals surface area (Å²) >= 11 is 6.11. The maximum Gasteiger partial charge on any atom is 0.274 e. The monoisotopic (exact) mass is 394 g/mol. The van der Waals surface area contributed by atoms with E-state index in [0.29, 0.717) is 27.7 Å². The highest BCUT2D eigenvalue weighted by Gasteiger charge is 2.13. The summed E-state index contributed by atoms with van der Waals surface area (Å²) in [5, 5.41) is 6.44. The number of amides is 1. The van der Waals surface area contributed by atoms with E-state index in [-0.39, 0.29) is 23.3 Å². The molecule has 28 heavy (non-hydrogen) atoms. The van der Waals surface area contributed by atoms with Crippen molar-refractivity contribution in [1.29, 1.82) is 0 Å². The molecule has 0 bridgehead atoms. The molecule has 0 spiro atoms. The van der Waals surface area contributed by atoms with Crippen molar-refractivity contribution in [3.8, 4) is 0 Å². The second-order valence-corrected chi connectivity index (χ2v) is 6.75. The van der Waals surface area contributed by atoms with Crippen molar-refractivity contribution in [2.75, 3.05) is 10.6 Å². The van der Waals surface area contributed by atoms with Crippen LogP contribution in [0.5, 0.6) is 0 Å². The van der Waals surface area contributed by atoms with Crippen LogP contribution in [0.15, 0.2) is 48.5 Å². The Labute approximate surface area is 168 Å². The van der Waals surface area contributed by atoms with Gasteiger partial charge in [-0.3, -0.25) is 9.59 Å². The molecule has 1 amide bonds. The lowest BCUT2D eigenvalue weighted by Crippen LogP contribution is -2.16. The van der Waals surface area contributed by atoms with Gasteiger partial charge >= 0.3 is 0 Å². The summed E-state index contributed by atoms with van der Waals surface area (Å²) in [4.78, 5) is 32.8. The van der Waals surface area contributed by atoms with Crippen LogP contribution >= 0.6 is 11.6 Å². The van der Waals surface area contributed by atoms with Gasteiger partial charge in [0.05, 0.1) is 0 Å². The summed E-state index contributed by atoms with van der Waals surface area (Å²) in [6, 6.07) is 13.9. The molecule has 0 aliphatic rings. The van der Waals surface area contributed by atoms with Crippen LogP contribution < -0.4 is 10.6 Å². The Morgan fingerprint density at radius 3 is 2.50 bits per heavy atom. The smallest absolute Gasteiger partial charge is 0.274 e. The van der Waals surface area contributed by atoms with Gasteiger partial charge in [0.2, 0.25) is 5.95 Å². The number of carbonyl (C=O) groups is 2. The van der Waals surface area contributed by atoms with Crippen molar-refractivity contribution >= 4 is 40.6 Å². The van der Waals surface area contributed by atoms with Gasteiger partial charge in [-0.2, -0.15) is 0 Å². The Balaban J connectivity index is 1.85. The molecule has 2 N–H and O–H groups in total. The Morgan fingerprint density at radius 1 is 1.00 bits per heavy atom. The summed E-state index contributed by atoms with van der Waals surface area (Å²) in [7, 11) is 0. The second-order valence-electron chi connectivity index (χ2n) is 6.35. The lowest BCUT2D eigenvalue weighted by Gasteiger charge is -2.11. The molecular formula is C21H19ClN4O2. The minimum absolute atomic E-state index is 0.0363. The number of nitrogens with one attached hydrogen (secondary N) is 2. The van der Waals surface area contributed by atoms with Crippen molar-refractivity contribution < 1.29 is 9.59 Å². The Kier molecular flexibility index (Phi) is 5.70. The third kappa shape index (κ3) is 4.53. The number of hydrogen-bond donors (Lipinski definition) is 2. The minimum Gasteiger partial charge on any atom is -0.324 e. The van der Waals surface area contributed by atoms with Crippen LogP contribution in [0.3, 0.4) is 0 Å². The molecule has 2 aromatic carbocycles. The molecule has 0 atom stereocenters. The molecule has 6 nitrogen and oxygen atoms in total. The summed E-state index contributed by atoms with van der Waals surface area (Å²) in [5.41, 5.74) is 3.49. The van der Waals surface area contributed by atoms with Gasteiger partial charge in [0.15, 0.2) is 5.78 Å². The van der Waals surface area contributed by atoms with Gasteiger partial charge < -0.3 is 10.6 Å². The molecular weight excluding hydrogens is 376 g/mol. The highest BCUT2D eigenvalue weighted by atomic mass is 35.5. The van der Waals surface area contributed by atoms with Crippen LogP contribution in [0.1, 0.15) is 39.0 Å². The molecule has 0 aliphatic heterocycles. The van der Waals surface area contributed by atoms with E-state index in [1.54, 1.807) is 55.5 Å². The van der Waals surface area contributed by atoms with Crippen LogP contribution in [0.4, 0.5) is 17.3 Å². The Morgan fingerprint density at radius 2 is 1.75 bits per heavy atom. The molecule has 0 saturated heterocycles. The number of nitrogens with zero attached hydrogens (tertiary/aromatic N) is 2. The third-order valence-electron chi connectivity index (χ3n) is 4.13. The molecule has 7 heteroatoms. The van der Waals surface area contributed by atoms with Gasteiger partial charge in [0, 0.05) is 27.7 Å².